The number of nitrogens with one attached hydrogen (secondary N) is 1. The number of carbonyl (C=O) groups is 1. The second kappa shape index (κ2) is 7.68. The molecule has 2 aromatic carbocycles. The van der Waals surface area contributed by atoms with Crippen LogP contribution in [0.1, 0.15) is 22.3 Å². The number of rotatable bonds is 6. The number of hydrogen-bond acceptors (Lipinski definition) is 4. The Labute approximate surface area is 127 Å². The first-order valence-corrected chi connectivity index (χ1v) is 6.77. The lowest BCUT2D eigenvalue weighted by Gasteiger charge is -2.00. The van der Waals surface area contributed by atoms with Crippen LogP contribution >= 0.6 is 0 Å². The summed E-state index contributed by atoms with van der Waals surface area (Å²) in [5.74, 6) is -0.397. The fourth-order valence-corrected chi connectivity index (χ4v) is 1.84. The molecule has 0 atom stereocenters. The fourth-order valence-electron chi connectivity index (χ4n) is 1.84. The molecule has 0 spiro atoms. The van der Waals surface area contributed by atoms with Crippen molar-refractivity contribution in [2.75, 3.05) is 0 Å². The van der Waals surface area contributed by atoms with E-state index in [1.807, 2.05) is 30.3 Å². The lowest BCUT2D eigenvalue weighted by Crippen LogP contribution is -2.17. The van der Waals surface area contributed by atoms with Crippen LogP contribution in [0.2, 0.25) is 0 Å². The summed E-state index contributed by atoms with van der Waals surface area (Å²) in [6.45, 7) is 0. The fraction of sp³-hybridized carbons (Fsp3) is 0.125. The monoisotopic (exact) mass is 297 g/mol. The molecule has 0 saturated carbocycles. The summed E-state index contributed by atoms with van der Waals surface area (Å²) in [7, 11) is 0. The molecule has 0 unspecified atom stereocenters. The Kier molecular flexibility index (Phi) is 5.37. The third-order valence-corrected chi connectivity index (χ3v) is 3.00. The van der Waals surface area contributed by atoms with Gasteiger partial charge >= 0.3 is 0 Å². The maximum atomic E-state index is 11.8. The van der Waals surface area contributed by atoms with Crippen molar-refractivity contribution in [1.82, 2.24) is 5.43 Å². The number of nitro groups is 1. The summed E-state index contributed by atoms with van der Waals surface area (Å²) in [6.07, 6.45) is 3.19. The van der Waals surface area contributed by atoms with Crippen molar-refractivity contribution < 1.29 is 9.72 Å². The van der Waals surface area contributed by atoms with E-state index in [4.69, 9.17) is 0 Å². The van der Waals surface area contributed by atoms with Gasteiger partial charge in [-0.3, -0.25) is 14.9 Å². The molecule has 0 fully saturated rings. The van der Waals surface area contributed by atoms with Crippen molar-refractivity contribution >= 4 is 17.8 Å². The first-order chi connectivity index (χ1) is 10.7. The third kappa shape index (κ3) is 4.52. The van der Waals surface area contributed by atoms with Crippen LogP contribution in [0, 0.1) is 10.1 Å². The van der Waals surface area contributed by atoms with Crippen LogP contribution in [-0.4, -0.2) is 17.0 Å². The van der Waals surface area contributed by atoms with E-state index in [0.29, 0.717) is 12.0 Å². The molecule has 0 bridgehead atoms. The quantitative estimate of drug-likeness (QED) is 0.505. The van der Waals surface area contributed by atoms with Gasteiger partial charge in [0, 0.05) is 23.9 Å². The molecule has 1 amide bonds. The Bertz CT molecular complexity index is 667. The molecule has 22 heavy (non-hydrogen) atoms. The predicted molar refractivity (Wildman–Crippen MR) is 83.8 cm³/mol. The Morgan fingerprint density at radius 1 is 1.14 bits per heavy atom. The van der Waals surface area contributed by atoms with Crippen molar-refractivity contribution in [3.05, 3.63) is 75.8 Å². The Hall–Kier alpha value is -3.02. The van der Waals surface area contributed by atoms with Gasteiger partial charge in [-0.1, -0.05) is 30.3 Å². The SMILES string of the molecule is O=C(N/N=C\CCc1ccccc1)c1ccc([N+](=O)[O-])cc1. The third-order valence-electron chi connectivity index (χ3n) is 3.00. The molecule has 1 N–H and O–H groups in total. The molecule has 2 aromatic rings. The number of benzene rings is 2. The largest absolute Gasteiger partial charge is 0.271 e. The highest BCUT2D eigenvalue weighted by Gasteiger charge is 2.08. The molecule has 6 nitrogen and oxygen atoms in total. The topological polar surface area (TPSA) is 84.6 Å². The van der Waals surface area contributed by atoms with E-state index in [-0.39, 0.29) is 5.69 Å². The summed E-state index contributed by atoms with van der Waals surface area (Å²) in [4.78, 5) is 21.8. The van der Waals surface area contributed by atoms with Gasteiger partial charge in [-0.05, 0) is 30.5 Å². The molecule has 6 heteroatoms. The van der Waals surface area contributed by atoms with Gasteiger partial charge in [-0.25, -0.2) is 5.43 Å². The summed E-state index contributed by atoms with van der Waals surface area (Å²) >= 11 is 0. The van der Waals surface area contributed by atoms with Crippen molar-refractivity contribution in [2.45, 2.75) is 12.8 Å². The average Bonchev–Trinajstić information content (AvgIpc) is 2.55. The van der Waals surface area contributed by atoms with E-state index in [0.717, 1.165) is 6.42 Å². The van der Waals surface area contributed by atoms with Crippen LogP contribution in [0.25, 0.3) is 0 Å². The minimum absolute atomic E-state index is 0.0529. The van der Waals surface area contributed by atoms with Crippen LogP contribution in [0.3, 0.4) is 0 Å². The minimum Gasteiger partial charge on any atom is -0.267 e. The van der Waals surface area contributed by atoms with Gasteiger partial charge in [0.1, 0.15) is 0 Å². The van der Waals surface area contributed by atoms with Crippen molar-refractivity contribution in [3.8, 4) is 0 Å². The van der Waals surface area contributed by atoms with Gasteiger partial charge in [0.25, 0.3) is 11.6 Å². The van der Waals surface area contributed by atoms with Gasteiger partial charge < -0.3 is 0 Å². The number of nitro benzene ring substituents is 1. The molecule has 0 aliphatic carbocycles. The summed E-state index contributed by atoms with van der Waals surface area (Å²) in [5.41, 5.74) is 3.87. The van der Waals surface area contributed by atoms with Gasteiger partial charge in [0.15, 0.2) is 0 Å². The number of hydrazone groups is 1. The van der Waals surface area contributed by atoms with Crippen LogP contribution < -0.4 is 5.43 Å². The standard InChI is InChI=1S/C16H15N3O3/c20-16(14-8-10-15(11-9-14)19(21)22)18-17-12-4-7-13-5-2-1-3-6-13/h1-3,5-6,8-12H,4,7H2,(H,18,20)/b17-12-. The Morgan fingerprint density at radius 2 is 1.82 bits per heavy atom. The minimum atomic E-state index is -0.510. The van der Waals surface area contributed by atoms with E-state index in [9.17, 15) is 14.9 Å². The van der Waals surface area contributed by atoms with Gasteiger partial charge in [-0.2, -0.15) is 5.10 Å². The molecular weight excluding hydrogens is 282 g/mol. The smallest absolute Gasteiger partial charge is 0.267 e. The van der Waals surface area contributed by atoms with Gasteiger partial charge in [0.05, 0.1) is 4.92 Å². The number of hydrogen-bond donors (Lipinski definition) is 1. The van der Waals surface area contributed by atoms with Gasteiger partial charge in [0.2, 0.25) is 0 Å². The molecule has 0 heterocycles. The van der Waals surface area contributed by atoms with Crippen molar-refractivity contribution in [3.63, 3.8) is 0 Å². The number of nitrogens with zero attached hydrogens (tertiary/aromatic N) is 2. The molecule has 0 saturated heterocycles. The second-order valence-corrected chi connectivity index (χ2v) is 4.58. The lowest BCUT2D eigenvalue weighted by atomic mass is 10.1. The van der Waals surface area contributed by atoms with E-state index < -0.39 is 10.8 Å². The van der Waals surface area contributed by atoms with Crippen molar-refractivity contribution in [2.24, 2.45) is 5.10 Å². The average molecular weight is 297 g/mol. The zero-order valence-corrected chi connectivity index (χ0v) is 11.8. The maximum absolute atomic E-state index is 11.8. The number of aryl methyl sites for hydroxylation is 1. The van der Waals surface area contributed by atoms with Crippen LogP contribution in [0.5, 0.6) is 0 Å². The highest BCUT2D eigenvalue weighted by atomic mass is 16.6. The molecule has 112 valence electrons. The first-order valence-electron chi connectivity index (χ1n) is 6.77. The highest BCUT2D eigenvalue weighted by Crippen LogP contribution is 2.11. The summed E-state index contributed by atoms with van der Waals surface area (Å²) in [6, 6.07) is 15.3. The number of non-ortho nitro benzene ring substituents is 1. The van der Waals surface area contributed by atoms with E-state index in [1.165, 1.54) is 29.8 Å². The zero-order chi connectivity index (χ0) is 15.8. The molecular formula is C16H15N3O3. The molecule has 2 rings (SSSR count). The number of carbonyl (C=O) groups excluding carboxylic acids is 1. The normalized spacial score (nSPS) is 10.5. The molecule has 0 aliphatic heterocycles. The second-order valence-electron chi connectivity index (χ2n) is 4.58. The lowest BCUT2D eigenvalue weighted by molar-refractivity contribution is -0.384. The number of amides is 1. The molecule has 0 aromatic heterocycles. The zero-order valence-electron chi connectivity index (χ0n) is 11.8. The van der Waals surface area contributed by atoms with E-state index >= 15 is 0 Å². The van der Waals surface area contributed by atoms with E-state index in [2.05, 4.69) is 10.5 Å². The van der Waals surface area contributed by atoms with Crippen LogP contribution in [0.4, 0.5) is 5.69 Å². The Balaban J connectivity index is 1.79. The molecule has 0 aliphatic rings. The maximum Gasteiger partial charge on any atom is 0.271 e. The van der Waals surface area contributed by atoms with Gasteiger partial charge in [-0.15, -0.1) is 0 Å². The summed E-state index contributed by atoms with van der Waals surface area (Å²) < 4.78 is 0. The van der Waals surface area contributed by atoms with E-state index in [1.54, 1.807) is 6.21 Å². The molecule has 0 radical (unpaired) electrons. The highest BCUT2D eigenvalue weighted by molar-refractivity contribution is 5.94. The van der Waals surface area contributed by atoms with Crippen LogP contribution in [0.15, 0.2) is 59.7 Å². The van der Waals surface area contributed by atoms with Crippen LogP contribution in [-0.2, 0) is 6.42 Å². The summed E-state index contributed by atoms with van der Waals surface area (Å²) in [5, 5.41) is 14.4. The Morgan fingerprint density at radius 3 is 2.45 bits per heavy atom. The van der Waals surface area contributed by atoms with Crippen molar-refractivity contribution in [1.29, 1.82) is 0 Å². The first kappa shape index (κ1) is 15.4. The predicted octanol–water partition coefficient (Wildman–Crippen LogP) is 2.94.